The molecule has 0 atom stereocenters. The number of hydrazone groups is 1. The lowest BCUT2D eigenvalue weighted by atomic mass is 10.2. The van der Waals surface area contributed by atoms with Crippen LogP contribution >= 0.6 is 47.8 Å². The zero-order valence-corrected chi connectivity index (χ0v) is 19.9. The zero-order chi connectivity index (χ0) is 20.8. The van der Waals surface area contributed by atoms with E-state index in [4.69, 9.17) is 13.9 Å². The first kappa shape index (κ1) is 21.6. The fraction of sp³-hybridized carbons (Fsp3) is 0.100. The zero-order valence-electron chi connectivity index (χ0n) is 15.1. The van der Waals surface area contributed by atoms with Crippen LogP contribution in [0.4, 0.5) is 0 Å². The highest BCUT2D eigenvalue weighted by atomic mass is 79.9. The molecule has 1 amide bonds. The second-order valence-electron chi connectivity index (χ2n) is 5.71. The molecule has 0 aliphatic rings. The van der Waals surface area contributed by atoms with Crippen molar-refractivity contribution in [3.05, 3.63) is 67.7 Å². The molecule has 29 heavy (non-hydrogen) atoms. The summed E-state index contributed by atoms with van der Waals surface area (Å²) >= 11 is 10.2. The van der Waals surface area contributed by atoms with Crippen LogP contribution in [0.25, 0.3) is 11.3 Å². The smallest absolute Gasteiger partial charge is 0.277 e. The maximum absolute atomic E-state index is 12.0. The van der Waals surface area contributed by atoms with E-state index in [0.29, 0.717) is 27.5 Å². The summed E-state index contributed by atoms with van der Waals surface area (Å²) in [6, 6.07) is 14.9. The molecule has 0 aliphatic carbocycles. The maximum atomic E-state index is 12.0. The lowest BCUT2D eigenvalue weighted by molar-refractivity contribution is -0.123. The number of hydrogen-bond acceptors (Lipinski definition) is 5. The van der Waals surface area contributed by atoms with Crippen molar-refractivity contribution in [3.8, 4) is 22.8 Å². The number of methoxy groups -OCH3 is 1. The summed E-state index contributed by atoms with van der Waals surface area (Å²) in [7, 11) is 1.53. The summed E-state index contributed by atoms with van der Waals surface area (Å²) in [5.41, 5.74) is 3.34. The van der Waals surface area contributed by atoms with E-state index in [1.165, 1.54) is 13.3 Å². The van der Waals surface area contributed by atoms with Crippen LogP contribution in [0, 0.1) is 0 Å². The number of ether oxygens (including phenoxy) is 2. The molecule has 9 heteroatoms. The Morgan fingerprint density at radius 1 is 1.10 bits per heavy atom. The van der Waals surface area contributed by atoms with E-state index in [1.54, 1.807) is 18.2 Å². The third-order valence-corrected chi connectivity index (χ3v) is 5.25. The number of nitrogens with zero attached hydrogens (tertiary/aromatic N) is 1. The topological polar surface area (TPSA) is 73.1 Å². The molecule has 1 heterocycles. The Balaban J connectivity index is 1.55. The Kier molecular flexibility index (Phi) is 7.51. The highest BCUT2D eigenvalue weighted by molar-refractivity contribution is 9.11. The van der Waals surface area contributed by atoms with E-state index >= 15 is 0 Å². The predicted octanol–water partition coefficient (Wildman–Crippen LogP) is 5.77. The van der Waals surface area contributed by atoms with Gasteiger partial charge in [-0.3, -0.25) is 4.79 Å². The lowest BCUT2D eigenvalue weighted by Crippen LogP contribution is -2.24. The lowest BCUT2D eigenvalue weighted by Gasteiger charge is -2.12. The minimum absolute atomic E-state index is 0.226. The maximum Gasteiger partial charge on any atom is 0.277 e. The summed E-state index contributed by atoms with van der Waals surface area (Å²) in [6.45, 7) is -0.226. The molecule has 0 radical (unpaired) electrons. The Morgan fingerprint density at radius 3 is 2.59 bits per heavy atom. The number of benzene rings is 2. The molecule has 0 bridgehead atoms. The van der Waals surface area contributed by atoms with Gasteiger partial charge in [-0.1, -0.05) is 44.0 Å². The molecule has 1 N–H and O–H groups in total. The van der Waals surface area contributed by atoms with E-state index < -0.39 is 5.91 Å². The van der Waals surface area contributed by atoms with Crippen LogP contribution in [0.15, 0.2) is 71.5 Å². The van der Waals surface area contributed by atoms with Gasteiger partial charge in [-0.05, 0) is 52.3 Å². The molecule has 3 rings (SSSR count). The Labute approximate surface area is 192 Å². The highest BCUT2D eigenvalue weighted by Crippen LogP contribution is 2.38. The molecule has 0 spiro atoms. The molecular formula is C20H15Br3N2O4. The van der Waals surface area contributed by atoms with Gasteiger partial charge in [-0.15, -0.1) is 0 Å². The first-order chi connectivity index (χ1) is 14.0. The fourth-order valence-corrected chi connectivity index (χ4v) is 3.92. The number of hydrogen-bond donors (Lipinski definition) is 1. The highest BCUT2D eigenvalue weighted by Gasteiger charge is 2.12. The average molecular weight is 587 g/mol. The standard InChI is InChI=1S/C20H15Br3N2O4/c1-27-18-9-14(22)8-16(23)20(18)28-11-19(26)25-24-10-15-6-7-17(29-15)12-2-4-13(21)5-3-12/h2-10H,11H2,1H3,(H,25,26)/b24-10-. The van der Waals surface area contributed by atoms with Gasteiger partial charge in [0.25, 0.3) is 5.91 Å². The number of furan rings is 1. The predicted molar refractivity (Wildman–Crippen MR) is 121 cm³/mol. The van der Waals surface area contributed by atoms with Crippen molar-refractivity contribution >= 4 is 59.9 Å². The van der Waals surface area contributed by atoms with Gasteiger partial charge in [0.2, 0.25) is 0 Å². The van der Waals surface area contributed by atoms with Crippen LogP contribution < -0.4 is 14.9 Å². The molecule has 0 saturated carbocycles. The summed E-state index contributed by atoms with van der Waals surface area (Å²) in [6.07, 6.45) is 1.43. The second kappa shape index (κ2) is 10.1. The van der Waals surface area contributed by atoms with Crippen LogP contribution in [0.2, 0.25) is 0 Å². The van der Waals surface area contributed by atoms with Crippen molar-refractivity contribution in [2.75, 3.05) is 13.7 Å². The molecule has 3 aromatic rings. The first-order valence-electron chi connectivity index (χ1n) is 8.30. The first-order valence-corrected chi connectivity index (χ1v) is 10.7. The minimum Gasteiger partial charge on any atom is -0.493 e. The second-order valence-corrected chi connectivity index (χ2v) is 8.40. The summed E-state index contributed by atoms with van der Waals surface area (Å²) < 4.78 is 19.0. The van der Waals surface area contributed by atoms with Gasteiger partial charge in [-0.2, -0.15) is 5.10 Å². The van der Waals surface area contributed by atoms with E-state index in [-0.39, 0.29) is 6.61 Å². The average Bonchev–Trinajstić information content (AvgIpc) is 3.16. The van der Waals surface area contributed by atoms with Gasteiger partial charge >= 0.3 is 0 Å². The molecule has 1 aromatic heterocycles. The van der Waals surface area contributed by atoms with Crippen molar-refractivity contribution in [3.63, 3.8) is 0 Å². The summed E-state index contributed by atoms with van der Waals surface area (Å²) in [5.74, 6) is 1.73. The van der Waals surface area contributed by atoms with Crippen LogP contribution in [-0.2, 0) is 4.79 Å². The number of carbonyl (C=O) groups is 1. The van der Waals surface area contributed by atoms with Gasteiger partial charge in [-0.25, -0.2) is 5.43 Å². The third kappa shape index (κ3) is 5.94. The van der Waals surface area contributed by atoms with Crippen LogP contribution in [-0.4, -0.2) is 25.8 Å². The molecule has 150 valence electrons. The van der Waals surface area contributed by atoms with Gasteiger partial charge in [0.1, 0.15) is 11.5 Å². The van der Waals surface area contributed by atoms with E-state index in [9.17, 15) is 4.79 Å². The number of nitrogens with one attached hydrogen (secondary N) is 1. The SMILES string of the molecule is COc1cc(Br)cc(Br)c1OCC(=O)N/N=C\c1ccc(-c2ccc(Br)cc2)o1. The summed E-state index contributed by atoms with van der Waals surface area (Å²) in [5, 5.41) is 3.90. The van der Waals surface area contributed by atoms with Crippen LogP contribution in [0.3, 0.4) is 0 Å². The largest absolute Gasteiger partial charge is 0.493 e. The van der Waals surface area contributed by atoms with E-state index in [0.717, 1.165) is 14.5 Å². The van der Waals surface area contributed by atoms with Gasteiger partial charge < -0.3 is 13.9 Å². The Hall–Kier alpha value is -2.10. The van der Waals surface area contributed by atoms with Crippen molar-refractivity contribution in [1.29, 1.82) is 0 Å². The molecular weight excluding hydrogens is 572 g/mol. The van der Waals surface area contributed by atoms with Gasteiger partial charge in [0, 0.05) is 14.5 Å². The molecule has 0 saturated heterocycles. The quantitative estimate of drug-likeness (QED) is 0.282. The fourth-order valence-electron chi connectivity index (χ4n) is 2.36. The van der Waals surface area contributed by atoms with Crippen LogP contribution in [0.5, 0.6) is 11.5 Å². The molecule has 0 fully saturated rings. The molecule has 2 aromatic carbocycles. The number of rotatable bonds is 7. The van der Waals surface area contributed by atoms with Crippen molar-refractivity contribution in [2.45, 2.75) is 0 Å². The van der Waals surface area contributed by atoms with Crippen molar-refractivity contribution in [1.82, 2.24) is 5.43 Å². The van der Waals surface area contributed by atoms with E-state index in [2.05, 4.69) is 58.3 Å². The number of carbonyl (C=O) groups excluding carboxylic acids is 1. The normalized spacial score (nSPS) is 10.9. The molecule has 0 unspecified atom stereocenters. The molecule has 6 nitrogen and oxygen atoms in total. The number of halogens is 3. The van der Waals surface area contributed by atoms with Crippen molar-refractivity contribution in [2.24, 2.45) is 5.10 Å². The van der Waals surface area contributed by atoms with Gasteiger partial charge in [0.15, 0.2) is 18.1 Å². The minimum atomic E-state index is -0.419. The Morgan fingerprint density at radius 2 is 1.86 bits per heavy atom. The van der Waals surface area contributed by atoms with E-state index in [1.807, 2.05) is 30.3 Å². The van der Waals surface area contributed by atoms with Crippen molar-refractivity contribution < 1.29 is 18.7 Å². The third-order valence-electron chi connectivity index (χ3n) is 3.68. The summed E-state index contributed by atoms with van der Waals surface area (Å²) in [4.78, 5) is 12.0. The van der Waals surface area contributed by atoms with Crippen LogP contribution in [0.1, 0.15) is 5.76 Å². The number of amides is 1. The monoisotopic (exact) mass is 584 g/mol. The van der Waals surface area contributed by atoms with Gasteiger partial charge in [0.05, 0.1) is 17.8 Å². The molecule has 0 aliphatic heterocycles. The Bertz CT molecular complexity index is 1030.